The molecule has 0 bridgehead atoms. The van der Waals surface area contributed by atoms with Gasteiger partial charge in [0.1, 0.15) is 0 Å². The maximum absolute atomic E-state index is 7.00. The van der Waals surface area contributed by atoms with Crippen molar-refractivity contribution in [1.82, 2.24) is 0 Å². The van der Waals surface area contributed by atoms with E-state index in [1.165, 1.54) is 22.3 Å². The summed E-state index contributed by atoms with van der Waals surface area (Å²) in [5, 5.41) is 14.0. The Morgan fingerprint density at radius 1 is 0.261 bits per heavy atom. The Morgan fingerprint density at radius 3 is 0.435 bits per heavy atom. The van der Waals surface area contributed by atoms with Crippen LogP contribution in [0.25, 0.3) is 22.3 Å². The summed E-state index contributed by atoms with van der Waals surface area (Å²) in [7, 11) is 8.50. The van der Waals surface area contributed by atoms with E-state index in [0.717, 1.165) is 14.2 Å². The highest BCUT2D eigenvalue weighted by molar-refractivity contribution is 5.63. The maximum Gasteiger partial charge on any atom is 0.0351 e. The van der Waals surface area contributed by atoms with Crippen LogP contribution in [-0.2, 0) is 9.47 Å². The van der Waals surface area contributed by atoms with Crippen molar-refractivity contribution in [3.8, 4) is 22.3 Å². The molecule has 0 radical (unpaired) electrons. The summed E-state index contributed by atoms with van der Waals surface area (Å²) >= 11 is 0. The first kappa shape index (κ1) is 61.7. The van der Waals surface area contributed by atoms with Gasteiger partial charge in [0.2, 0.25) is 0 Å². The summed E-state index contributed by atoms with van der Waals surface area (Å²) in [5.41, 5.74) is 5.10. The van der Waals surface area contributed by atoms with Gasteiger partial charge in [0.25, 0.3) is 0 Å². The standard InChI is InChI=1S/2C12H10.2C2H6O.6C2H6.2CH4O/c2*1-3-7-11(8-4-1)12-9-5-2-6-10-12;2*1-3-2;8*1-2/h2*1-10H;2*1-2H3;6*1-2H3;2*2H,1H3. The highest BCUT2D eigenvalue weighted by Gasteiger charge is 1.92. The van der Waals surface area contributed by atoms with Gasteiger partial charge in [-0.2, -0.15) is 0 Å². The van der Waals surface area contributed by atoms with Crippen molar-refractivity contribution in [1.29, 1.82) is 0 Å². The van der Waals surface area contributed by atoms with Gasteiger partial charge < -0.3 is 19.7 Å². The van der Waals surface area contributed by atoms with Crippen molar-refractivity contribution in [2.24, 2.45) is 0 Å². The fraction of sp³-hybridized carbons (Fsp3) is 0.429. The lowest BCUT2D eigenvalue weighted by atomic mass is 10.1. The average Bonchev–Trinajstić information content (AvgIpc) is 3.20. The zero-order valence-corrected chi connectivity index (χ0v) is 33.3. The summed E-state index contributed by atoms with van der Waals surface area (Å²) < 4.78 is 8.50. The van der Waals surface area contributed by atoms with Crippen LogP contribution in [0.3, 0.4) is 0 Å². The SMILES string of the molecule is CC.CC.CC.CC.CC.CC.CO.CO.COC.COC.c1ccc(-c2ccccc2)cc1.c1ccc(-c2ccccc2)cc1. The lowest BCUT2D eigenvalue weighted by molar-refractivity contribution is 0.277. The molecule has 0 amide bonds. The molecule has 0 spiro atoms. The number of aliphatic hydroxyl groups excluding tert-OH is 2. The normalized spacial score (nSPS) is 6.87. The quantitative estimate of drug-likeness (QED) is 0.228. The van der Waals surface area contributed by atoms with Gasteiger partial charge in [-0.15, -0.1) is 0 Å². The van der Waals surface area contributed by atoms with Crippen LogP contribution in [0.2, 0.25) is 0 Å². The molecule has 0 unspecified atom stereocenters. The van der Waals surface area contributed by atoms with E-state index >= 15 is 0 Å². The summed E-state index contributed by atoms with van der Waals surface area (Å²) in [6, 6.07) is 41.6. The van der Waals surface area contributed by atoms with E-state index in [-0.39, 0.29) is 0 Å². The highest BCUT2D eigenvalue weighted by atomic mass is 16.5. The molecule has 4 aromatic carbocycles. The van der Waals surface area contributed by atoms with Crippen LogP contribution in [0.5, 0.6) is 0 Å². The number of hydrogen-bond donors (Lipinski definition) is 2. The Kier molecular flexibility index (Phi) is 98.3. The topological polar surface area (TPSA) is 58.9 Å². The van der Waals surface area contributed by atoms with Gasteiger partial charge in [-0.05, 0) is 22.3 Å². The van der Waals surface area contributed by atoms with E-state index < -0.39 is 0 Å². The third kappa shape index (κ3) is 47.6. The molecule has 4 nitrogen and oxygen atoms in total. The van der Waals surface area contributed by atoms with E-state index in [1.807, 2.05) is 107 Å². The van der Waals surface area contributed by atoms with Crippen LogP contribution < -0.4 is 0 Å². The highest BCUT2D eigenvalue weighted by Crippen LogP contribution is 2.18. The van der Waals surface area contributed by atoms with Crippen molar-refractivity contribution in [2.45, 2.75) is 83.1 Å². The zero-order chi connectivity index (χ0) is 37.9. The van der Waals surface area contributed by atoms with E-state index in [4.69, 9.17) is 10.2 Å². The van der Waals surface area contributed by atoms with E-state index in [9.17, 15) is 0 Å². The van der Waals surface area contributed by atoms with Crippen LogP contribution in [0, 0.1) is 0 Å². The van der Waals surface area contributed by atoms with Gasteiger partial charge in [-0.1, -0.05) is 204 Å². The third-order valence-electron chi connectivity index (χ3n) is 3.76. The molecule has 2 N–H and O–H groups in total. The lowest BCUT2D eigenvalue weighted by Gasteiger charge is -1.98. The smallest absolute Gasteiger partial charge is 0.0351 e. The van der Waals surface area contributed by atoms with Gasteiger partial charge in [-0.3, -0.25) is 0 Å². The molecule has 4 heteroatoms. The van der Waals surface area contributed by atoms with Crippen LogP contribution in [0.1, 0.15) is 83.1 Å². The minimum Gasteiger partial charge on any atom is -0.400 e. The Morgan fingerprint density at radius 2 is 0.348 bits per heavy atom. The second-order valence-corrected chi connectivity index (χ2v) is 6.28. The Bertz CT molecular complexity index is 718. The molecule has 4 rings (SSSR count). The molecule has 0 saturated heterocycles. The van der Waals surface area contributed by atoms with Gasteiger partial charge in [0.15, 0.2) is 0 Å². The lowest BCUT2D eigenvalue weighted by Crippen LogP contribution is -1.73. The summed E-state index contributed by atoms with van der Waals surface area (Å²) in [6.45, 7) is 24.0. The van der Waals surface area contributed by atoms with Crippen LogP contribution >= 0.6 is 0 Å². The Hall–Kier alpha value is -3.28. The third-order valence-corrected chi connectivity index (χ3v) is 3.76. The van der Waals surface area contributed by atoms with Gasteiger partial charge in [0, 0.05) is 42.7 Å². The molecule has 0 heterocycles. The minimum absolute atomic E-state index is 1.00. The second kappa shape index (κ2) is 73.3. The van der Waals surface area contributed by atoms with Crippen LogP contribution in [0.15, 0.2) is 121 Å². The number of hydrogen-bond acceptors (Lipinski definition) is 4. The van der Waals surface area contributed by atoms with E-state index in [1.54, 1.807) is 28.4 Å². The maximum atomic E-state index is 7.00. The van der Waals surface area contributed by atoms with Crippen molar-refractivity contribution in [3.05, 3.63) is 121 Å². The Labute approximate surface area is 288 Å². The fourth-order valence-corrected chi connectivity index (χ4v) is 2.52. The van der Waals surface area contributed by atoms with E-state index in [2.05, 4.69) is 107 Å². The number of ether oxygens (including phenoxy) is 2. The van der Waals surface area contributed by atoms with E-state index in [0.29, 0.717) is 0 Å². The predicted octanol–water partition coefficient (Wildman–Crippen LogP) is 12.6. The predicted molar refractivity (Wildman–Crippen MR) is 214 cm³/mol. The summed E-state index contributed by atoms with van der Waals surface area (Å²) in [6.07, 6.45) is 0. The number of methoxy groups -OCH3 is 2. The molecule has 46 heavy (non-hydrogen) atoms. The zero-order valence-electron chi connectivity index (χ0n) is 33.3. The first-order valence-corrected chi connectivity index (χ1v) is 16.7. The summed E-state index contributed by atoms with van der Waals surface area (Å²) in [5.74, 6) is 0. The first-order chi connectivity index (χ1) is 22.8. The largest absolute Gasteiger partial charge is 0.400 e. The fourth-order valence-electron chi connectivity index (χ4n) is 2.52. The number of rotatable bonds is 2. The van der Waals surface area contributed by atoms with Gasteiger partial charge in [-0.25, -0.2) is 0 Å². The van der Waals surface area contributed by atoms with Crippen molar-refractivity contribution in [3.63, 3.8) is 0 Å². The monoisotopic (exact) mass is 645 g/mol. The van der Waals surface area contributed by atoms with Crippen LogP contribution in [-0.4, -0.2) is 52.9 Å². The summed E-state index contributed by atoms with van der Waals surface area (Å²) in [4.78, 5) is 0. The molecular weight excluding hydrogens is 568 g/mol. The molecule has 4 aromatic rings. The molecule has 0 aliphatic heterocycles. The number of benzene rings is 4. The average molecular weight is 645 g/mol. The minimum atomic E-state index is 1.00. The van der Waals surface area contributed by atoms with Crippen molar-refractivity contribution in [2.75, 3.05) is 42.7 Å². The number of aliphatic hydroxyl groups is 2. The van der Waals surface area contributed by atoms with Gasteiger partial charge in [0.05, 0.1) is 0 Å². The van der Waals surface area contributed by atoms with Crippen LogP contribution in [0.4, 0.5) is 0 Å². The second-order valence-electron chi connectivity index (χ2n) is 6.28. The first-order valence-electron chi connectivity index (χ1n) is 16.7. The molecule has 0 aliphatic carbocycles. The van der Waals surface area contributed by atoms with Crippen molar-refractivity contribution >= 4 is 0 Å². The van der Waals surface area contributed by atoms with Gasteiger partial charge >= 0.3 is 0 Å². The molecule has 268 valence electrons. The molecule has 0 aromatic heterocycles. The molecular formula is C42H76O4. The Balaban J connectivity index is -0.0000000658. The molecule has 0 atom stereocenters. The van der Waals surface area contributed by atoms with Crippen molar-refractivity contribution < 1.29 is 19.7 Å². The molecule has 0 saturated carbocycles. The molecule has 0 aliphatic rings. The molecule has 0 fully saturated rings.